The van der Waals surface area contributed by atoms with Crippen LogP contribution in [0.25, 0.3) is 0 Å². The Morgan fingerprint density at radius 2 is 1.15 bits per heavy atom. The molecule has 0 saturated carbocycles. The summed E-state index contributed by atoms with van der Waals surface area (Å²) in [4.78, 5) is 0. The molecule has 202 valence electrons. The van der Waals surface area contributed by atoms with Gasteiger partial charge in [0.05, 0.1) is 6.61 Å². The second-order valence-corrected chi connectivity index (χ2v) is 7.95. The van der Waals surface area contributed by atoms with Gasteiger partial charge in [0, 0.05) is 0 Å². The van der Waals surface area contributed by atoms with E-state index in [4.69, 9.17) is 9.47 Å². The lowest BCUT2D eigenvalue weighted by Crippen LogP contribution is -2.80. The van der Waals surface area contributed by atoms with Crippen LogP contribution in [0.15, 0.2) is 0 Å². The highest BCUT2D eigenvalue weighted by Crippen LogP contribution is 2.62. The van der Waals surface area contributed by atoms with Gasteiger partial charge in [-0.05, 0) is 13.8 Å². The van der Waals surface area contributed by atoms with Crippen LogP contribution in [-0.4, -0.2) is 93.7 Å². The molecule has 0 amide bonds. The molecule has 0 spiro atoms. The van der Waals surface area contributed by atoms with Gasteiger partial charge in [0.15, 0.2) is 5.79 Å². The van der Waals surface area contributed by atoms with Crippen LogP contribution in [0.2, 0.25) is 0 Å². The van der Waals surface area contributed by atoms with Crippen molar-refractivity contribution in [3.63, 3.8) is 0 Å². The molecule has 0 radical (unpaired) electrons. The zero-order chi connectivity index (χ0) is 27.1. The second-order valence-electron chi connectivity index (χ2n) is 7.95. The monoisotopic (exact) mass is 538 g/mol. The van der Waals surface area contributed by atoms with E-state index in [9.17, 15) is 72.4 Å². The first kappa shape index (κ1) is 29.1. The first-order valence-corrected chi connectivity index (χ1v) is 8.77. The van der Waals surface area contributed by atoms with Gasteiger partial charge in [-0.3, -0.25) is 0 Å². The Labute approximate surface area is 180 Å². The molecule has 19 heteroatoms. The van der Waals surface area contributed by atoms with E-state index in [1.807, 2.05) is 0 Å². The lowest BCUT2D eigenvalue weighted by atomic mass is 9.82. The third kappa shape index (κ3) is 3.64. The summed E-state index contributed by atoms with van der Waals surface area (Å²) < 4.78 is 188. The molecule has 2 fully saturated rings. The second kappa shape index (κ2) is 7.67. The zero-order valence-corrected chi connectivity index (χ0v) is 16.5. The van der Waals surface area contributed by atoms with Crippen LogP contribution < -0.4 is 0 Å². The van der Waals surface area contributed by atoms with Gasteiger partial charge in [0.2, 0.25) is 0 Å². The van der Waals surface area contributed by atoms with E-state index in [0.29, 0.717) is 0 Å². The summed E-state index contributed by atoms with van der Waals surface area (Å²) in [6.07, 6.45) is -18.5. The fourth-order valence-corrected chi connectivity index (χ4v) is 3.17. The normalized spacial score (nSPS) is 34.1. The molecular weight excluding hydrogens is 523 g/mol. The maximum atomic E-state index is 14.5. The van der Waals surface area contributed by atoms with Crippen molar-refractivity contribution in [2.75, 3.05) is 6.61 Å². The average molecular weight is 538 g/mol. The zero-order valence-electron chi connectivity index (χ0n) is 16.5. The number of ether oxygens (including phenoxy) is 3. The molecule has 2 saturated heterocycles. The molecule has 3 N–H and O–H groups in total. The van der Waals surface area contributed by atoms with E-state index < -0.39 is 78.4 Å². The molecule has 0 aromatic rings. The first-order chi connectivity index (χ1) is 14.7. The highest BCUT2D eigenvalue weighted by Gasteiger charge is 2.93. The summed E-state index contributed by atoms with van der Waals surface area (Å²) in [5, 5.41) is 29.5. The van der Waals surface area contributed by atoms with Crippen LogP contribution in [0, 0.1) is 0 Å². The van der Waals surface area contributed by atoms with Crippen molar-refractivity contribution in [1.82, 2.24) is 0 Å². The van der Waals surface area contributed by atoms with E-state index in [0.717, 1.165) is 13.8 Å². The highest BCUT2D eigenvalue weighted by atomic mass is 19.4. The Morgan fingerprint density at radius 3 is 1.59 bits per heavy atom. The maximum Gasteiger partial charge on any atom is 0.460 e. The molecule has 2 heterocycles. The molecule has 2 rings (SSSR count). The van der Waals surface area contributed by atoms with Crippen molar-refractivity contribution in [1.29, 1.82) is 0 Å². The Hall–Kier alpha value is -1.15. The molecular formula is C15H15F13O6. The van der Waals surface area contributed by atoms with E-state index in [1.165, 1.54) is 0 Å². The number of hydrogen-bond acceptors (Lipinski definition) is 6. The van der Waals surface area contributed by atoms with Crippen molar-refractivity contribution in [3.8, 4) is 0 Å². The molecule has 34 heavy (non-hydrogen) atoms. The molecule has 0 aromatic heterocycles. The molecule has 0 unspecified atom stereocenters. The summed E-state index contributed by atoms with van der Waals surface area (Å²) in [5.41, 5.74) is 0. The number of aliphatic hydroxyl groups is 3. The number of hydrogen-bond donors (Lipinski definition) is 3. The quantitative estimate of drug-likeness (QED) is 0.467. The Morgan fingerprint density at radius 1 is 0.706 bits per heavy atom. The van der Waals surface area contributed by atoms with Crippen LogP contribution in [-0.2, 0) is 14.2 Å². The van der Waals surface area contributed by atoms with Crippen LogP contribution in [0.3, 0.4) is 0 Å². The van der Waals surface area contributed by atoms with Gasteiger partial charge < -0.3 is 29.5 Å². The summed E-state index contributed by atoms with van der Waals surface area (Å²) in [6, 6.07) is 0. The van der Waals surface area contributed by atoms with Crippen LogP contribution >= 0.6 is 0 Å². The number of alkyl halides is 13. The summed E-state index contributed by atoms with van der Waals surface area (Å²) in [6.45, 7) is 1.27. The minimum Gasteiger partial charge on any atom is -0.387 e. The maximum absolute atomic E-state index is 14.5. The molecule has 2 aliphatic heterocycles. The van der Waals surface area contributed by atoms with Crippen LogP contribution in [0.5, 0.6) is 0 Å². The largest absolute Gasteiger partial charge is 0.460 e. The van der Waals surface area contributed by atoms with Crippen molar-refractivity contribution >= 4 is 0 Å². The molecule has 0 bridgehead atoms. The van der Waals surface area contributed by atoms with E-state index in [-0.39, 0.29) is 0 Å². The van der Waals surface area contributed by atoms with E-state index >= 15 is 0 Å². The molecule has 0 aromatic carbocycles. The number of halogens is 13. The Kier molecular flexibility index (Phi) is 6.56. The van der Waals surface area contributed by atoms with Gasteiger partial charge in [0.1, 0.15) is 24.4 Å². The van der Waals surface area contributed by atoms with Gasteiger partial charge in [-0.2, -0.15) is 57.1 Å². The van der Waals surface area contributed by atoms with Crippen molar-refractivity contribution in [2.24, 2.45) is 0 Å². The first-order valence-electron chi connectivity index (χ1n) is 8.77. The molecule has 0 aliphatic carbocycles. The third-order valence-corrected chi connectivity index (χ3v) is 5.16. The number of fused-ring (bicyclic) bond motifs is 1. The fourth-order valence-electron chi connectivity index (χ4n) is 3.17. The molecule has 2 aliphatic rings. The Bertz CT molecular complexity index is 783. The predicted molar refractivity (Wildman–Crippen MR) is 77.5 cm³/mol. The highest BCUT2D eigenvalue weighted by molar-refractivity contribution is 5.16. The summed E-state index contributed by atoms with van der Waals surface area (Å²) >= 11 is 0. The lowest BCUT2D eigenvalue weighted by Gasteiger charge is -2.54. The SMILES string of the molecule is CC1(C)OC[C@H]2O[C@@](O)(C(F)(F)C(F)(F)C(F)(F)C(F)(F)C(F)(F)C(F)(F)F)[C@H](O)[C@@H](O)[C@@H]2O1. The van der Waals surface area contributed by atoms with Crippen molar-refractivity contribution in [3.05, 3.63) is 0 Å². The average Bonchev–Trinajstić information content (AvgIpc) is 2.65. The van der Waals surface area contributed by atoms with E-state index in [1.54, 1.807) is 0 Å². The molecule has 5 atom stereocenters. The minimum atomic E-state index is -8.23. The smallest absolute Gasteiger partial charge is 0.387 e. The number of aliphatic hydroxyl groups excluding tert-OH is 2. The Balaban J connectivity index is 2.56. The predicted octanol–water partition coefficient (Wildman–Crippen LogP) is 2.69. The molecule has 6 nitrogen and oxygen atoms in total. The van der Waals surface area contributed by atoms with Crippen molar-refractivity contribution in [2.45, 2.75) is 85.6 Å². The van der Waals surface area contributed by atoms with Gasteiger partial charge in [-0.15, -0.1) is 0 Å². The van der Waals surface area contributed by atoms with Gasteiger partial charge >= 0.3 is 35.8 Å². The standard InChI is InChI=1S/C15H15F13O6/c1-8(2)32-3-4-6(34-8)5(29)7(30)9(31,33-4)10(16,17)11(18,19)12(20,21)13(22,23)14(24,25)15(26,27)28/h4-7,29-31H,3H2,1-2H3/t4-,5+,6-,7-,9-/m1/s1. The summed E-state index contributed by atoms with van der Waals surface area (Å²) in [5.74, 6) is -46.7. The third-order valence-electron chi connectivity index (χ3n) is 5.16. The van der Waals surface area contributed by atoms with Crippen molar-refractivity contribution < 1.29 is 86.6 Å². The minimum absolute atomic E-state index is 1.02. The van der Waals surface area contributed by atoms with Crippen LogP contribution in [0.4, 0.5) is 57.1 Å². The van der Waals surface area contributed by atoms with Crippen LogP contribution in [0.1, 0.15) is 13.8 Å². The number of rotatable bonds is 5. The van der Waals surface area contributed by atoms with E-state index in [2.05, 4.69) is 4.74 Å². The summed E-state index contributed by atoms with van der Waals surface area (Å²) in [7, 11) is 0. The fraction of sp³-hybridized carbons (Fsp3) is 1.00. The topological polar surface area (TPSA) is 88.4 Å². The van der Waals surface area contributed by atoms with Gasteiger partial charge in [0.25, 0.3) is 5.79 Å². The lowest BCUT2D eigenvalue weighted by molar-refractivity contribution is -0.496. The van der Waals surface area contributed by atoms with Gasteiger partial charge in [-0.1, -0.05) is 0 Å². The van der Waals surface area contributed by atoms with Gasteiger partial charge in [-0.25, -0.2) is 0 Å².